The summed E-state index contributed by atoms with van der Waals surface area (Å²) in [5, 5.41) is 0. The van der Waals surface area contributed by atoms with E-state index in [4.69, 9.17) is 9.47 Å². The molecule has 0 radical (unpaired) electrons. The van der Waals surface area contributed by atoms with E-state index in [0.717, 1.165) is 11.5 Å². The van der Waals surface area contributed by atoms with Crippen LogP contribution < -0.4 is 9.47 Å². The fraction of sp³-hybridized carbons (Fsp3) is 0.500. The predicted molar refractivity (Wildman–Crippen MR) is 64.4 cm³/mol. The molecule has 14 heavy (non-hydrogen) atoms. The predicted octanol–water partition coefficient (Wildman–Crippen LogP) is 4.00. The summed E-state index contributed by atoms with van der Waals surface area (Å²) in [6.45, 7) is 4.00. The standard InChI is InChI=1S/C8H10O2.C2H6.2CH4/c1-9-7-4-3-5-8(6-7)10-2;1-2;;/h3-6H,1-2H3;1-2H3;2*1H4. The smallest absolute Gasteiger partial charge is 0.122 e. The fourth-order valence-electron chi connectivity index (χ4n) is 0.728. The van der Waals surface area contributed by atoms with Crippen LogP contribution in [0, 0.1) is 0 Å². The highest BCUT2D eigenvalue weighted by Gasteiger charge is 1.91. The van der Waals surface area contributed by atoms with Gasteiger partial charge in [-0.25, -0.2) is 0 Å². The molecule has 0 N–H and O–H groups in total. The van der Waals surface area contributed by atoms with Crippen LogP contribution in [0.25, 0.3) is 0 Å². The van der Waals surface area contributed by atoms with Gasteiger partial charge in [0.15, 0.2) is 0 Å². The Kier molecular flexibility index (Phi) is 15.7. The average molecular weight is 200 g/mol. The van der Waals surface area contributed by atoms with E-state index >= 15 is 0 Å². The molecule has 0 aromatic heterocycles. The maximum atomic E-state index is 4.98. The molecule has 0 amide bonds. The first-order chi connectivity index (χ1) is 5.86. The van der Waals surface area contributed by atoms with Crippen molar-refractivity contribution in [3.05, 3.63) is 24.3 Å². The Labute approximate surface area is 88.9 Å². The van der Waals surface area contributed by atoms with Crippen molar-refractivity contribution in [2.45, 2.75) is 28.7 Å². The first-order valence-electron chi connectivity index (χ1n) is 4.05. The van der Waals surface area contributed by atoms with Gasteiger partial charge in [-0.3, -0.25) is 0 Å². The van der Waals surface area contributed by atoms with Crippen molar-refractivity contribution in [2.24, 2.45) is 0 Å². The van der Waals surface area contributed by atoms with Crippen LogP contribution in [0.5, 0.6) is 11.5 Å². The van der Waals surface area contributed by atoms with Crippen LogP contribution in [0.1, 0.15) is 28.7 Å². The molecule has 1 aromatic carbocycles. The van der Waals surface area contributed by atoms with Gasteiger partial charge in [0, 0.05) is 6.07 Å². The van der Waals surface area contributed by atoms with Gasteiger partial charge in [0.05, 0.1) is 14.2 Å². The van der Waals surface area contributed by atoms with Crippen LogP contribution in [0.15, 0.2) is 24.3 Å². The van der Waals surface area contributed by atoms with Crippen molar-refractivity contribution in [3.63, 3.8) is 0 Å². The van der Waals surface area contributed by atoms with Gasteiger partial charge < -0.3 is 9.47 Å². The number of hydrogen-bond donors (Lipinski definition) is 0. The summed E-state index contributed by atoms with van der Waals surface area (Å²) < 4.78 is 9.95. The van der Waals surface area contributed by atoms with Gasteiger partial charge in [-0.15, -0.1) is 0 Å². The lowest BCUT2D eigenvalue weighted by Crippen LogP contribution is -1.84. The van der Waals surface area contributed by atoms with Crippen LogP contribution in [0.3, 0.4) is 0 Å². The quantitative estimate of drug-likeness (QED) is 0.718. The first-order valence-corrected chi connectivity index (χ1v) is 4.05. The lowest BCUT2D eigenvalue weighted by Gasteiger charge is -2.01. The Morgan fingerprint density at radius 1 is 0.857 bits per heavy atom. The lowest BCUT2D eigenvalue weighted by atomic mass is 10.3. The van der Waals surface area contributed by atoms with Crippen molar-refractivity contribution in [1.29, 1.82) is 0 Å². The SMILES string of the molecule is C.C.CC.COc1cccc(OC)c1. The van der Waals surface area contributed by atoms with E-state index in [-0.39, 0.29) is 14.9 Å². The third kappa shape index (κ3) is 6.35. The zero-order valence-electron chi connectivity index (χ0n) is 8.13. The summed E-state index contributed by atoms with van der Waals surface area (Å²) in [5.41, 5.74) is 0. The van der Waals surface area contributed by atoms with Gasteiger partial charge in [-0.2, -0.15) is 0 Å². The zero-order valence-corrected chi connectivity index (χ0v) is 8.13. The molecule has 0 bridgehead atoms. The van der Waals surface area contributed by atoms with Crippen molar-refractivity contribution >= 4 is 0 Å². The molecule has 2 nitrogen and oxygen atoms in total. The van der Waals surface area contributed by atoms with E-state index in [2.05, 4.69) is 0 Å². The number of hydrogen-bond acceptors (Lipinski definition) is 2. The topological polar surface area (TPSA) is 18.5 Å². The molecule has 0 unspecified atom stereocenters. The third-order valence-electron chi connectivity index (χ3n) is 1.28. The summed E-state index contributed by atoms with van der Waals surface area (Å²) in [5.74, 6) is 1.64. The minimum absolute atomic E-state index is 0. The van der Waals surface area contributed by atoms with Crippen LogP contribution in [0.4, 0.5) is 0 Å². The normalized spacial score (nSPS) is 6.86. The van der Waals surface area contributed by atoms with E-state index < -0.39 is 0 Å². The molecule has 0 saturated heterocycles. The van der Waals surface area contributed by atoms with E-state index in [9.17, 15) is 0 Å². The molecule has 0 aliphatic carbocycles. The number of ether oxygens (including phenoxy) is 2. The molecule has 84 valence electrons. The van der Waals surface area contributed by atoms with Crippen LogP contribution >= 0.6 is 0 Å². The average Bonchev–Trinajstić information content (AvgIpc) is 2.21. The summed E-state index contributed by atoms with van der Waals surface area (Å²) >= 11 is 0. The molecule has 0 spiro atoms. The number of methoxy groups -OCH3 is 2. The molecule has 2 heteroatoms. The van der Waals surface area contributed by atoms with E-state index in [1.54, 1.807) is 14.2 Å². The second-order valence-corrected chi connectivity index (χ2v) is 1.88. The molecule has 0 aliphatic heterocycles. The highest BCUT2D eigenvalue weighted by molar-refractivity contribution is 5.32. The minimum Gasteiger partial charge on any atom is -0.497 e. The van der Waals surface area contributed by atoms with Crippen molar-refractivity contribution in [1.82, 2.24) is 0 Å². The number of rotatable bonds is 2. The maximum absolute atomic E-state index is 4.98. The summed E-state index contributed by atoms with van der Waals surface area (Å²) in [6, 6.07) is 7.47. The van der Waals surface area contributed by atoms with Gasteiger partial charge in [-0.05, 0) is 12.1 Å². The van der Waals surface area contributed by atoms with Gasteiger partial charge in [0.1, 0.15) is 11.5 Å². The van der Waals surface area contributed by atoms with E-state index in [1.165, 1.54) is 0 Å². The third-order valence-corrected chi connectivity index (χ3v) is 1.28. The molecule has 0 heterocycles. The summed E-state index contributed by atoms with van der Waals surface area (Å²) in [6.07, 6.45) is 0. The van der Waals surface area contributed by atoms with Gasteiger partial charge in [-0.1, -0.05) is 34.8 Å². The van der Waals surface area contributed by atoms with Gasteiger partial charge in [0.2, 0.25) is 0 Å². The molecule has 0 fully saturated rings. The van der Waals surface area contributed by atoms with Crippen molar-refractivity contribution < 1.29 is 9.47 Å². The van der Waals surface area contributed by atoms with E-state index in [0.29, 0.717) is 0 Å². The van der Waals surface area contributed by atoms with E-state index in [1.807, 2.05) is 38.1 Å². The Hall–Kier alpha value is -1.18. The second-order valence-electron chi connectivity index (χ2n) is 1.88. The molecule has 1 aromatic rings. The van der Waals surface area contributed by atoms with Crippen LogP contribution in [0.2, 0.25) is 0 Å². The van der Waals surface area contributed by atoms with Gasteiger partial charge in [0.25, 0.3) is 0 Å². The lowest BCUT2D eigenvalue weighted by molar-refractivity contribution is 0.394. The van der Waals surface area contributed by atoms with Crippen molar-refractivity contribution in [2.75, 3.05) is 14.2 Å². The summed E-state index contributed by atoms with van der Waals surface area (Å²) in [4.78, 5) is 0. The Bertz CT molecular complexity index is 190. The fourth-order valence-corrected chi connectivity index (χ4v) is 0.728. The highest BCUT2D eigenvalue weighted by Crippen LogP contribution is 2.17. The molecular weight excluding hydrogens is 176 g/mol. The zero-order chi connectivity index (χ0) is 9.40. The minimum atomic E-state index is 0. The largest absolute Gasteiger partial charge is 0.497 e. The second kappa shape index (κ2) is 11.8. The molecule has 0 saturated carbocycles. The van der Waals surface area contributed by atoms with Crippen molar-refractivity contribution in [3.8, 4) is 11.5 Å². The Morgan fingerprint density at radius 3 is 1.50 bits per heavy atom. The Balaban J connectivity index is -0.000000284. The molecule has 1 rings (SSSR count). The molecular formula is C12H24O2. The van der Waals surface area contributed by atoms with Gasteiger partial charge >= 0.3 is 0 Å². The summed E-state index contributed by atoms with van der Waals surface area (Å²) in [7, 11) is 3.27. The number of benzene rings is 1. The monoisotopic (exact) mass is 200 g/mol. The molecule has 0 aliphatic rings. The van der Waals surface area contributed by atoms with Crippen LogP contribution in [-0.4, -0.2) is 14.2 Å². The maximum Gasteiger partial charge on any atom is 0.122 e. The Morgan fingerprint density at radius 2 is 1.21 bits per heavy atom. The highest BCUT2D eigenvalue weighted by atomic mass is 16.5. The van der Waals surface area contributed by atoms with Crippen LogP contribution in [-0.2, 0) is 0 Å². The molecule has 0 atom stereocenters. The first kappa shape index (κ1) is 18.6.